The lowest BCUT2D eigenvalue weighted by molar-refractivity contribution is -0.136. The molecular weight excluding hydrogens is 472 g/mol. The highest BCUT2D eigenvalue weighted by Gasteiger charge is 2.56. The molecule has 9 nitrogen and oxygen atoms in total. The Morgan fingerprint density at radius 2 is 2.03 bits per heavy atom. The first kappa shape index (κ1) is 24.2. The Morgan fingerprint density at radius 1 is 1.29 bits per heavy atom. The van der Waals surface area contributed by atoms with Gasteiger partial charge >= 0.3 is 6.03 Å². The van der Waals surface area contributed by atoms with E-state index in [2.05, 4.69) is 47.7 Å². The van der Waals surface area contributed by atoms with E-state index in [0.29, 0.717) is 39.5 Å². The molecule has 2 aliphatic rings. The van der Waals surface area contributed by atoms with Gasteiger partial charge in [0, 0.05) is 5.75 Å². The van der Waals surface area contributed by atoms with Crippen molar-refractivity contribution in [1.82, 2.24) is 20.4 Å². The number of benzene rings is 1. The largest absolute Gasteiger partial charge is 0.325 e. The van der Waals surface area contributed by atoms with Gasteiger partial charge in [0.15, 0.2) is 4.34 Å². The molecule has 1 saturated heterocycles. The molecule has 1 aromatic heterocycles. The van der Waals surface area contributed by atoms with Gasteiger partial charge in [0.2, 0.25) is 11.0 Å². The molecule has 1 aliphatic heterocycles. The van der Waals surface area contributed by atoms with Crippen LogP contribution in [0.3, 0.4) is 0 Å². The van der Waals surface area contributed by atoms with Gasteiger partial charge in [-0.3, -0.25) is 19.8 Å². The molecule has 1 saturated carbocycles. The smallest absolute Gasteiger partial charge is 0.323 e. The summed E-state index contributed by atoms with van der Waals surface area (Å²) in [6.45, 7) is 5.93. The van der Waals surface area contributed by atoms with Crippen molar-refractivity contribution in [2.24, 2.45) is 11.3 Å². The number of nitriles is 1. The van der Waals surface area contributed by atoms with Gasteiger partial charge in [-0.1, -0.05) is 56.0 Å². The number of thioether (sulfide) groups is 1. The summed E-state index contributed by atoms with van der Waals surface area (Å²) in [7, 11) is 0. The van der Waals surface area contributed by atoms with Crippen molar-refractivity contribution in [2.75, 3.05) is 11.9 Å². The van der Waals surface area contributed by atoms with Crippen LogP contribution in [-0.4, -0.2) is 45.0 Å². The van der Waals surface area contributed by atoms with E-state index in [4.69, 9.17) is 5.26 Å². The third-order valence-corrected chi connectivity index (χ3v) is 8.07. The zero-order valence-electron chi connectivity index (χ0n) is 19.3. The van der Waals surface area contributed by atoms with Gasteiger partial charge in [0.1, 0.15) is 12.1 Å². The Balaban J connectivity index is 1.33. The maximum absolute atomic E-state index is 13.2. The van der Waals surface area contributed by atoms with Crippen LogP contribution in [0.15, 0.2) is 28.6 Å². The Hall–Kier alpha value is -2.97. The molecule has 1 aromatic carbocycles. The number of amides is 4. The van der Waals surface area contributed by atoms with Gasteiger partial charge in [-0.2, -0.15) is 5.26 Å². The zero-order valence-corrected chi connectivity index (χ0v) is 20.9. The fourth-order valence-corrected chi connectivity index (χ4v) is 6.82. The van der Waals surface area contributed by atoms with Crippen molar-refractivity contribution in [3.63, 3.8) is 0 Å². The molecule has 2 heterocycles. The summed E-state index contributed by atoms with van der Waals surface area (Å²) < 4.78 is 0.673. The van der Waals surface area contributed by atoms with Crippen molar-refractivity contribution < 1.29 is 14.4 Å². The summed E-state index contributed by atoms with van der Waals surface area (Å²) in [6, 6.07) is 8.85. The van der Waals surface area contributed by atoms with Crippen LogP contribution in [0.4, 0.5) is 9.93 Å². The molecule has 2 aromatic rings. The third-order valence-electron chi connectivity index (χ3n) is 6.02. The Morgan fingerprint density at radius 3 is 2.71 bits per heavy atom. The summed E-state index contributed by atoms with van der Waals surface area (Å²) in [5.74, 6) is 0.114. The van der Waals surface area contributed by atoms with Crippen LogP contribution in [0, 0.1) is 22.7 Å². The second-order valence-electron chi connectivity index (χ2n) is 9.78. The summed E-state index contributed by atoms with van der Waals surface area (Å²) in [4.78, 5) is 39.4. The molecule has 1 aliphatic carbocycles. The van der Waals surface area contributed by atoms with Gasteiger partial charge in [0.05, 0.1) is 11.6 Å². The van der Waals surface area contributed by atoms with Crippen molar-refractivity contribution in [1.29, 1.82) is 5.26 Å². The molecule has 4 rings (SSSR count). The number of rotatable bonds is 6. The number of urea groups is 1. The Labute approximate surface area is 206 Å². The van der Waals surface area contributed by atoms with Crippen LogP contribution >= 0.6 is 23.1 Å². The second-order valence-corrected chi connectivity index (χ2v) is 12.0. The fraction of sp³-hybridized carbons (Fsp3) is 0.478. The highest BCUT2D eigenvalue weighted by molar-refractivity contribution is 8.00. The fourth-order valence-electron chi connectivity index (χ4n) is 5.09. The van der Waals surface area contributed by atoms with E-state index in [0.717, 1.165) is 16.9 Å². The Bertz CT molecular complexity index is 1160. The molecule has 1 spiro atoms. The quantitative estimate of drug-likeness (QED) is 0.352. The molecule has 11 heteroatoms. The number of imide groups is 1. The van der Waals surface area contributed by atoms with Gasteiger partial charge in [0.25, 0.3) is 5.91 Å². The molecule has 2 atom stereocenters. The maximum atomic E-state index is 13.2. The number of carbonyl (C=O) groups is 3. The molecule has 2 N–H and O–H groups in total. The van der Waals surface area contributed by atoms with E-state index in [1.807, 2.05) is 12.1 Å². The van der Waals surface area contributed by atoms with Crippen LogP contribution in [-0.2, 0) is 15.3 Å². The SMILES string of the molecule is C[C@@H]1CC(C)(C)C[C@]2(C1)NC(=O)N(CC(=O)Nc1nnc(SCc3ccc(C#N)cc3)s1)C2=O. The van der Waals surface area contributed by atoms with Crippen LogP contribution in [0.2, 0.25) is 0 Å². The molecule has 0 bridgehead atoms. The standard InChI is InChI=1S/C23H26N6O3S2/c1-14-8-22(2,3)13-23(9-14)18(31)29(20(32)26-23)11-17(30)25-19-27-28-21(34-19)33-12-16-6-4-15(10-24)5-7-16/h4-7,14H,8-9,11-13H2,1-3H3,(H,26,32)(H,25,27,30)/t14-,23+/m1/s1. The highest BCUT2D eigenvalue weighted by Crippen LogP contribution is 2.46. The second kappa shape index (κ2) is 9.35. The number of hydrogen-bond donors (Lipinski definition) is 2. The summed E-state index contributed by atoms with van der Waals surface area (Å²) in [5, 5.41) is 22.8. The molecule has 4 amide bonds. The van der Waals surface area contributed by atoms with Crippen LogP contribution in [0.25, 0.3) is 0 Å². The molecule has 34 heavy (non-hydrogen) atoms. The average molecular weight is 499 g/mol. The third kappa shape index (κ3) is 5.23. The lowest BCUT2D eigenvalue weighted by Crippen LogP contribution is -2.54. The minimum atomic E-state index is -0.934. The monoisotopic (exact) mass is 498 g/mol. The van der Waals surface area contributed by atoms with Crippen molar-refractivity contribution in [3.8, 4) is 6.07 Å². The van der Waals surface area contributed by atoms with Gasteiger partial charge in [-0.15, -0.1) is 10.2 Å². The number of nitrogens with zero attached hydrogens (tertiary/aromatic N) is 4. The molecule has 0 radical (unpaired) electrons. The lowest BCUT2D eigenvalue weighted by Gasteiger charge is -2.43. The predicted molar refractivity (Wildman–Crippen MR) is 129 cm³/mol. The highest BCUT2D eigenvalue weighted by atomic mass is 32.2. The van der Waals surface area contributed by atoms with E-state index in [9.17, 15) is 14.4 Å². The van der Waals surface area contributed by atoms with E-state index < -0.39 is 17.5 Å². The van der Waals surface area contributed by atoms with E-state index in [1.54, 1.807) is 12.1 Å². The first-order chi connectivity index (χ1) is 16.1. The number of aromatic nitrogens is 2. The molecule has 178 valence electrons. The average Bonchev–Trinajstić information content (AvgIpc) is 3.29. The summed E-state index contributed by atoms with van der Waals surface area (Å²) in [5.41, 5.74) is 0.637. The lowest BCUT2D eigenvalue weighted by atomic mass is 9.64. The summed E-state index contributed by atoms with van der Waals surface area (Å²) >= 11 is 2.69. The normalized spacial score (nSPS) is 23.6. The minimum absolute atomic E-state index is 0.0722. The van der Waals surface area contributed by atoms with Crippen LogP contribution in [0.1, 0.15) is 51.2 Å². The first-order valence-corrected chi connectivity index (χ1v) is 12.8. The van der Waals surface area contributed by atoms with Crippen molar-refractivity contribution >= 4 is 46.1 Å². The Kier molecular flexibility index (Phi) is 6.64. The van der Waals surface area contributed by atoms with Crippen LogP contribution < -0.4 is 10.6 Å². The number of hydrogen-bond acceptors (Lipinski definition) is 8. The van der Waals surface area contributed by atoms with Crippen LogP contribution in [0.5, 0.6) is 0 Å². The van der Waals surface area contributed by atoms with Gasteiger partial charge in [-0.05, 0) is 48.3 Å². The maximum Gasteiger partial charge on any atom is 0.325 e. The molecule has 0 unspecified atom stereocenters. The molecule has 2 fully saturated rings. The van der Waals surface area contributed by atoms with E-state index >= 15 is 0 Å². The molecular formula is C23H26N6O3S2. The zero-order chi connectivity index (χ0) is 24.5. The van der Waals surface area contributed by atoms with E-state index in [1.165, 1.54) is 23.1 Å². The number of carbonyl (C=O) groups excluding carboxylic acids is 3. The van der Waals surface area contributed by atoms with Crippen molar-refractivity contribution in [2.45, 2.75) is 55.7 Å². The minimum Gasteiger partial charge on any atom is -0.323 e. The van der Waals surface area contributed by atoms with E-state index in [-0.39, 0.29) is 17.9 Å². The van der Waals surface area contributed by atoms with Gasteiger partial charge < -0.3 is 5.32 Å². The first-order valence-electron chi connectivity index (χ1n) is 11.0. The van der Waals surface area contributed by atoms with Gasteiger partial charge in [-0.25, -0.2) is 4.79 Å². The predicted octanol–water partition coefficient (Wildman–Crippen LogP) is 3.78. The topological polar surface area (TPSA) is 128 Å². The summed E-state index contributed by atoms with van der Waals surface area (Å²) in [6.07, 6.45) is 2.12. The van der Waals surface area contributed by atoms with Crippen molar-refractivity contribution in [3.05, 3.63) is 35.4 Å². The number of anilines is 1. The number of nitrogens with one attached hydrogen (secondary N) is 2.